The number of pyridine rings is 1. The van der Waals surface area contributed by atoms with Gasteiger partial charge in [-0.05, 0) is 43.7 Å². The van der Waals surface area contributed by atoms with E-state index >= 15 is 0 Å². The van der Waals surface area contributed by atoms with Crippen molar-refractivity contribution in [2.45, 2.75) is 64.2 Å². The van der Waals surface area contributed by atoms with Crippen LogP contribution in [0.2, 0.25) is 0 Å². The molecular formula is C21H31N3O3. The van der Waals surface area contributed by atoms with Gasteiger partial charge < -0.3 is 15.0 Å². The number of likely N-dealkylation sites (tertiary alicyclic amines) is 1. The summed E-state index contributed by atoms with van der Waals surface area (Å²) < 4.78 is 5.97. The van der Waals surface area contributed by atoms with Gasteiger partial charge in [0.15, 0.2) is 11.6 Å². The Bertz CT molecular complexity index is 629. The third-order valence-corrected chi connectivity index (χ3v) is 5.48. The van der Waals surface area contributed by atoms with Crippen LogP contribution in [-0.4, -0.2) is 41.4 Å². The Morgan fingerprint density at radius 1 is 1.15 bits per heavy atom. The number of amides is 2. The van der Waals surface area contributed by atoms with E-state index in [-0.39, 0.29) is 18.4 Å². The van der Waals surface area contributed by atoms with Crippen molar-refractivity contribution in [3.05, 3.63) is 18.3 Å². The first-order valence-electron chi connectivity index (χ1n) is 10.4. The van der Waals surface area contributed by atoms with Crippen LogP contribution in [0.3, 0.4) is 0 Å². The van der Waals surface area contributed by atoms with Gasteiger partial charge in [0.05, 0.1) is 13.2 Å². The minimum Gasteiger partial charge on any atom is -0.489 e. The van der Waals surface area contributed by atoms with Gasteiger partial charge in [0, 0.05) is 19.2 Å². The largest absolute Gasteiger partial charge is 0.489 e. The van der Waals surface area contributed by atoms with Crippen LogP contribution in [0, 0.1) is 5.92 Å². The number of nitrogens with one attached hydrogen (secondary N) is 1. The van der Waals surface area contributed by atoms with Crippen molar-refractivity contribution >= 4 is 17.6 Å². The summed E-state index contributed by atoms with van der Waals surface area (Å²) in [6.45, 7) is 1.40. The summed E-state index contributed by atoms with van der Waals surface area (Å²) in [4.78, 5) is 30.6. The predicted octanol–water partition coefficient (Wildman–Crippen LogP) is 3.77. The fraction of sp³-hybridized carbons (Fsp3) is 0.667. The fourth-order valence-corrected chi connectivity index (χ4v) is 3.89. The van der Waals surface area contributed by atoms with Crippen LogP contribution in [0.5, 0.6) is 5.75 Å². The summed E-state index contributed by atoms with van der Waals surface area (Å²) in [7, 11) is 0. The van der Waals surface area contributed by atoms with Crippen LogP contribution >= 0.6 is 0 Å². The summed E-state index contributed by atoms with van der Waals surface area (Å²) in [5, 5.41) is 2.83. The number of anilines is 1. The maximum absolute atomic E-state index is 12.5. The number of carbonyl (C=O) groups is 2. The van der Waals surface area contributed by atoms with Gasteiger partial charge in [0.2, 0.25) is 11.8 Å². The zero-order chi connectivity index (χ0) is 18.9. The summed E-state index contributed by atoms with van der Waals surface area (Å²) in [5.74, 6) is 1.49. The maximum atomic E-state index is 12.5. The maximum Gasteiger partial charge on any atom is 0.245 e. The highest BCUT2D eigenvalue weighted by Crippen LogP contribution is 2.27. The second-order valence-electron chi connectivity index (χ2n) is 7.69. The molecule has 3 rings (SSSR count). The van der Waals surface area contributed by atoms with Gasteiger partial charge in [0.25, 0.3) is 0 Å². The van der Waals surface area contributed by atoms with E-state index in [1.54, 1.807) is 11.1 Å². The van der Waals surface area contributed by atoms with Crippen LogP contribution in [0.15, 0.2) is 18.3 Å². The number of nitrogens with zero attached hydrogens (tertiary/aromatic N) is 2. The van der Waals surface area contributed by atoms with Crippen molar-refractivity contribution in [1.82, 2.24) is 9.88 Å². The first-order valence-corrected chi connectivity index (χ1v) is 10.4. The second kappa shape index (κ2) is 10.3. The van der Waals surface area contributed by atoms with Gasteiger partial charge in [-0.25, -0.2) is 4.98 Å². The molecule has 1 aliphatic heterocycles. The van der Waals surface area contributed by atoms with E-state index in [0.717, 1.165) is 25.7 Å². The molecule has 1 aromatic heterocycles. The van der Waals surface area contributed by atoms with Crippen LogP contribution in [0.1, 0.15) is 64.2 Å². The smallest absolute Gasteiger partial charge is 0.245 e. The van der Waals surface area contributed by atoms with Crippen molar-refractivity contribution in [1.29, 1.82) is 0 Å². The van der Waals surface area contributed by atoms with Crippen molar-refractivity contribution in [3.63, 3.8) is 0 Å². The first-order chi connectivity index (χ1) is 13.2. The lowest BCUT2D eigenvalue weighted by Crippen LogP contribution is -2.39. The highest BCUT2D eigenvalue weighted by Gasteiger charge is 2.20. The van der Waals surface area contributed by atoms with Crippen molar-refractivity contribution in [3.8, 4) is 5.75 Å². The van der Waals surface area contributed by atoms with E-state index in [1.807, 2.05) is 12.1 Å². The van der Waals surface area contributed by atoms with Crippen molar-refractivity contribution in [2.75, 3.05) is 25.0 Å². The van der Waals surface area contributed by atoms with E-state index in [9.17, 15) is 9.59 Å². The lowest BCUT2D eigenvalue weighted by Gasteiger charge is -2.24. The lowest BCUT2D eigenvalue weighted by atomic mass is 9.90. The summed E-state index contributed by atoms with van der Waals surface area (Å²) in [6.07, 6.45) is 12.5. The SMILES string of the molecule is O=C(CN1CCCCCCC1=O)Nc1ncccc1OCC1CCCCC1. The van der Waals surface area contributed by atoms with Gasteiger partial charge in [-0.15, -0.1) is 0 Å². The van der Waals surface area contributed by atoms with Crippen LogP contribution in [0.4, 0.5) is 5.82 Å². The molecule has 1 aromatic rings. The number of hydrogen-bond acceptors (Lipinski definition) is 4. The van der Waals surface area contributed by atoms with E-state index in [2.05, 4.69) is 10.3 Å². The van der Waals surface area contributed by atoms with Gasteiger partial charge >= 0.3 is 0 Å². The molecule has 0 bridgehead atoms. The van der Waals surface area contributed by atoms with Gasteiger partial charge in [-0.2, -0.15) is 0 Å². The second-order valence-corrected chi connectivity index (χ2v) is 7.69. The molecule has 1 saturated heterocycles. The molecule has 0 radical (unpaired) electrons. The first kappa shape index (κ1) is 19.6. The molecular weight excluding hydrogens is 342 g/mol. The minimum absolute atomic E-state index is 0.0691. The Kier molecular flexibility index (Phi) is 7.48. The Morgan fingerprint density at radius 3 is 2.78 bits per heavy atom. The number of rotatable bonds is 6. The average Bonchev–Trinajstić information content (AvgIpc) is 2.68. The lowest BCUT2D eigenvalue weighted by molar-refractivity contribution is -0.135. The van der Waals surface area contributed by atoms with Crippen LogP contribution in [0.25, 0.3) is 0 Å². The van der Waals surface area contributed by atoms with Gasteiger partial charge in [-0.3, -0.25) is 9.59 Å². The molecule has 2 heterocycles. The third-order valence-electron chi connectivity index (χ3n) is 5.48. The van der Waals surface area contributed by atoms with E-state index in [0.29, 0.717) is 37.1 Å². The van der Waals surface area contributed by atoms with Gasteiger partial charge in [-0.1, -0.05) is 32.1 Å². The monoisotopic (exact) mass is 373 g/mol. The molecule has 1 saturated carbocycles. The Morgan fingerprint density at radius 2 is 1.93 bits per heavy atom. The fourth-order valence-electron chi connectivity index (χ4n) is 3.89. The molecule has 0 unspecified atom stereocenters. The molecule has 148 valence electrons. The molecule has 1 N–H and O–H groups in total. The van der Waals surface area contributed by atoms with E-state index in [4.69, 9.17) is 4.74 Å². The number of ether oxygens (including phenoxy) is 1. The summed E-state index contributed by atoms with van der Waals surface area (Å²) in [5.41, 5.74) is 0. The molecule has 1 aliphatic carbocycles. The minimum atomic E-state index is -0.217. The Labute approximate surface area is 161 Å². The zero-order valence-electron chi connectivity index (χ0n) is 16.1. The topological polar surface area (TPSA) is 71.5 Å². The highest BCUT2D eigenvalue weighted by molar-refractivity contribution is 5.94. The molecule has 6 nitrogen and oxygen atoms in total. The number of aromatic nitrogens is 1. The molecule has 2 aliphatic rings. The van der Waals surface area contributed by atoms with Crippen molar-refractivity contribution < 1.29 is 14.3 Å². The van der Waals surface area contributed by atoms with Crippen molar-refractivity contribution in [2.24, 2.45) is 5.92 Å². The zero-order valence-corrected chi connectivity index (χ0v) is 16.1. The molecule has 6 heteroatoms. The quantitative estimate of drug-likeness (QED) is 0.824. The Balaban J connectivity index is 1.54. The van der Waals surface area contributed by atoms with Gasteiger partial charge in [0.1, 0.15) is 0 Å². The number of carbonyl (C=O) groups excluding carboxylic acids is 2. The van der Waals surface area contributed by atoms with E-state index in [1.165, 1.54) is 32.1 Å². The predicted molar refractivity (Wildman–Crippen MR) is 105 cm³/mol. The molecule has 2 fully saturated rings. The molecule has 0 atom stereocenters. The standard InChI is InChI=1S/C21H31N3O3/c25-19(15-24-14-7-2-1-6-12-20(24)26)23-21-18(11-8-13-22-21)27-16-17-9-4-3-5-10-17/h8,11,13,17H,1-7,9-10,12,14-16H2,(H,22,23,25). The van der Waals surface area contributed by atoms with Crippen LogP contribution < -0.4 is 10.1 Å². The summed E-state index contributed by atoms with van der Waals surface area (Å²) in [6, 6.07) is 3.65. The molecule has 0 spiro atoms. The highest BCUT2D eigenvalue weighted by atomic mass is 16.5. The average molecular weight is 373 g/mol. The molecule has 27 heavy (non-hydrogen) atoms. The third kappa shape index (κ3) is 6.22. The summed E-state index contributed by atoms with van der Waals surface area (Å²) >= 11 is 0. The number of hydrogen-bond donors (Lipinski definition) is 1. The van der Waals surface area contributed by atoms with E-state index < -0.39 is 0 Å². The molecule has 2 amide bonds. The normalized spacial score (nSPS) is 19.3. The van der Waals surface area contributed by atoms with Crippen LogP contribution in [-0.2, 0) is 9.59 Å². The molecule has 0 aromatic carbocycles. The Hall–Kier alpha value is -2.11.